The molecule has 0 atom stereocenters. The van der Waals surface area contributed by atoms with Crippen LogP contribution in [-0.2, 0) is 19.4 Å². The first-order chi connectivity index (χ1) is 8.04. The molecule has 1 aromatic carbocycles. The number of rotatable bonds is 3. The van der Waals surface area contributed by atoms with Crippen LogP contribution in [0.25, 0.3) is 0 Å². The number of hydrogen-bond donors (Lipinski definition) is 2. The molecule has 1 aromatic rings. The summed E-state index contributed by atoms with van der Waals surface area (Å²) in [6, 6.07) is 6.79. The number of benzene rings is 1. The Hall–Kier alpha value is -0.860. The number of aryl methyl sites for hydroxylation is 2. The van der Waals surface area contributed by atoms with E-state index in [9.17, 15) is 5.11 Å². The molecule has 0 aliphatic carbocycles. The lowest BCUT2D eigenvalue weighted by molar-refractivity contribution is 0.0714. The smallest absolute Gasteiger partial charge is 0.0594 e. The molecule has 0 radical (unpaired) electrons. The van der Waals surface area contributed by atoms with Crippen LogP contribution in [0.1, 0.15) is 43.4 Å². The summed E-state index contributed by atoms with van der Waals surface area (Å²) in [4.78, 5) is 0. The molecule has 2 N–H and O–H groups in total. The zero-order valence-electron chi connectivity index (χ0n) is 10.9. The molecule has 1 aliphatic rings. The van der Waals surface area contributed by atoms with Gasteiger partial charge in [-0.05, 0) is 62.8 Å². The van der Waals surface area contributed by atoms with E-state index < -0.39 is 5.60 Å². The standard InChI is InChI=1S/C15H23NO/c1-15(2,17)8-7-12-5-6-13-4-3-9-16-11-14(13)10-12/h5-6,10,16-17H,3-4,7-9,11H2,1-2H3. The largest absolute Gasteiger partial charge is 0.390 e. The third kappa shape index (κ3) is 3.83. The van der Waals surface area contributed by atoms with E-state index in [0.717, 1.165) is 25.9 Å². The fourth-order valence-corrected chi connectivity index (χ4v) is 2.32. The molecule has 1 heterocycles. The average molecular weight is 233 g/mol. The summed E-state index contributed by atoms with van der Waals surface area (Å²) in [6.45, 7) is 5.86. The summed E-state index contributed by atoms with van der Waals surface area (Å²) in [5, 5.41) is 13.2. The van der Waals surface area contributed by atoms with Gasteiger partial charge in [0.1, 0.15) is 0 Å². The minimum absolute atomic E-state index is 0.564. The first kappa shape index (κ1) is 12.6. The lowest BCUT2D eigenvalue weighted by Gasteiger charge is -2.17. The Bertz CT molecular complexity index is 379. The van der Waals surface area contributed by atoms with E-state index >= 15 is 0 Å². The number of nitrogens with one attached hydrogen (secondary N) is 1. The molecule has 2 rings (SSSR count). The maximum absolute atomic E-state index is 9.75. The fraction of sp³-hybridized carbons (Fsp3) is 0.600. The molecule has 0 amide bonds. The monoisotopic (exact) mass is 233 g/mol. The number of aliphatic hydroxyl groups is 1. The van der Waals surface area contributed by atoms with E-state index in [4.69, 9.17) is 0 Å². The second-order valence-electron chi connectivity index (χ2n) is 5.70. The quantitative estimate of drug-likeness (QED) is 0.840. The van der Waals surface area contributed by atoms with E-state index in [1.807, 2.05) is 13.8 Å². The van der Waals surface area contributed by atoms with Crippen molar-refractivity contribution >= 4 is 0 Å². The molecule has 0 aromatic heterocycles. The van der Waals surface area contributed by atoms with Crippen LogP contribution in [0.2, 0.25) is 0 Å². The van der Waals surface area contributed by atoms with Crippen molar-refractivity contribution in [3.8, 4) is 0 Å². The Morgan fingerprint density at radius 3 is 2.88 bits per heavy atom. The van der Waals surface area contributed by atoms with Crippen molar-refractivity contribution in [2.24, 2.45) is 0 Å². The van der Waals surface area contributed by atoms with Crippen LogP contribution in [0.5, 0.6) is 0 Å². The molecule has 1 aliphatic heterocycles. The maximum atomic E-state index is 9.75. The van der Waals surface area contributed by atoms with Crippen molar-refractivity contribution in [2.45, 2.75) is 51.7 Å². The Morgan fingerprint density at radius 1 is 1.29 bits per heavy atom. The summed E-state index contributed by atoms with van der Waals surface area (Å²) in [6.07, 6.45) is 4.19. The zero-order chi connectivity index (χ0) is 12.3. The molecule has 0 unspecified atom stereocenters. The topological polar surface area (TPSA) is 32.3 Å². The highest BCUT2D eigenvalue weighted by Crippen LogP contribution is 2.19. The lowest BCUT2D eigenvalue weighted by atomic mass is 9.95. The van der Waals surface area contributed by atoms with E-state index in [1.165, 1.54) is 29.5 Å². The van der Waals surface area contributed by atoms with Crippen LogP contribution >= 0.6 is 0 Å². The third-order valence-corrected chi connectivity index (χ3v) is 3.41. The summed E-state index contributed by atoms with van der Waals surface area (Å²) < 4.78 is 0. The molecule has 94 valence electrons. The van der Waals surface area contributed by atoms with Gasteiger partial charge >= 0.3 is 0 Å². The minimum Gasteiger partial charge on any atom is -0.390 e. The van der Waals surface area contributed by atoms with Crippen LogP contribution < -0.4 is 5.32 Å². The summed E-state index contributed by atoms with van der Waals surface area (Å²) in [5.41, 5.74) is 3.71. The van der Waals surface area contributed by atoms with Gasteiger partial charge in [-0.1, -0.05) is 18.2 Å². The molecule has 0 spiro atoms. The third-order valence-electron chi connectivity index (χ3n) is 3.41. The average Bonchev–Trinajstić information content (AvgIpc) is 2.49. The van der Waals surface area contributed by atoms with Crippen LogP contribution in [0.3, 0.4) is 0 Å². The Morgan fingerprint density at radius 2 is 2.12 bits per heavy atom. The first-order valence-corrected chi connectivity index (χ1v) is 6.58. The van der Waals surface area contributed by atoms with Crippen LogP contribution in [0, 0.1) is 0 Å². The molecule has 0 saturated heterocycles. The zero-order valence-corrected chi connectivity index (χ0v) is 10.9. The van der Waals surface area contributed by atoms with Crippen molar-refractivity contribution in [1.29, 1.82) is 0 Å². The van der Waals surface area contributed by atoms with Gasteiger partial charge in [0, 0.05) is 6.54 Å². The van der Waals surface area contributed by atoms with Crippen molar-refractivity contribution in [3.63, 3.8) is 0 Å². The lowest BCUT2D eigenvalue weighted by Crippen LogP contribution is -2.19. The van der Waals surface area contributed by atoms with Crippen molar-refractivity contribution < 1.29 is 5.11 Å². The molecule has 0 bridgehead atoms. The minimum atomic E-state index is -0.564. The van der Waals surface area contributed by atoms with Crippen molar-refractivity contribution in [2.75, 3.05) is 6.54 Å². The Kier molecular flexibility index (Phi) is 3.85. The second kappa shape index (κ2) is 5.19. The highest BCUT2D eigenvalue weighted by Gasteiger charge is 2.13. The predicted octanol–water partition coefficient (Wildman–Crippen LogP) is 2.43. The number of hydrogen-bond acceptors (Lipinski definition) is 2. The Balaban J connectivity index is 2.07. The predicted molar refractivity (Wildman–Crippen MR) is 71.1 cm³/mol. The van der Waals surface area contributed by atoms with Crippen LogP contribution in [0.15, 0.2) is 18.2 Å². The van der Waals surface area contributed by atoms with Gasteiger partial charge in [-0.25, -0.2) is 0 Å². The highest BCUT2D eigenvalue weighted by atomic mass is 16.3. The van der Waals surface area contributed by atoms with Gasteiger partial charge in [0.15, 0.2) is 0 Å². The molecule has 2 nitrogen and oxygen atoms in total. The second-order valence-corrected chi connectivity index (χ2v) is 5.70. The van der Waals surface area contributed by atoms with Crippen molar-refractivity contribution in [3.05, 3.63) is 34.9 Å². The summed E-state index contributed by atoms with van der Waals surface area (Å²) in [5.74, 6) is 0. The molecule has 17 heavy (non-hydrogen) atoms. The van der Waals surface area contributed by atoms with Gasteiger partial charge in [-0.3, -0.25) is 0 Å². The summed E-state index contributed by atoms with van der Waals surface area (Å²) in [7, 11) is 0. The van der Waals surface area contributed by atoms with Gasteiger partial charge in [0.05, 0.1) is 5.60 Å². The maximum Gasteiger partial charge on any atom is 0.0594 e. The van der Waals surface area contributed by atoms with E-state index in [1.54, 1.807) is 0 Å². The van der Waals surface area contributed by atoms with Crippen LogP contribution in [-0.4, -0.2) is 17.3 Å². The van der Waals surface area contributed by atoms with Gasteiger partial charge in [0.2, 0.25) is 0 Å². The van der Waals surface area contributed by atoms with Gasteiger partial charge in [0.25, 0.3) is 0 Å². The summed E-state index contributed by atoms with van der Waals surface area (Å²) >= 11 is 0. The normalized spacial score (nSPS) is 16.4. The fourth-order valence-electron chi connectivity index (χ4n) is 2.32. The Labute approximate surface area is 104 Å². The first-order valence-electron chi connectivity index (χ1n) is 6.58. The molecular formula is C15H23NO. The SMILES string of the molecule is CC(C)(O)CCc1ccc2c(c1)CNCCC2. The molecule has 2 heteroatoms. The number of fused-ring (bicyclic) bond motifs is 1. The van der Waals surface area contributed by atoms with Crippen molar-refractivity contribution in [1.82, 2.24) is 5.32 Å². The molecule has 0 fully saturated rings. The van der Waals surface area contributed by atoms with Gasteiger partial charge in [-0.2, -0.15) is 0 Å². The van der Waals surface area contributed by atoms with Gasteiger partial charge in [-0.15, -0.1) is 0 Å². The molecule has 0 saturated carbocycles. The van der Waals surface area contributed by atoms with Crippen LogP contribution in [0.4, 0.5) is 0 Å². The van der Waals surface area contributed by atoms with E-state index in [2.05, 4.69) is 23.5 Å². The van der Waals surface area contributed by atoms with Gasteiger partial charge < -0.3 is 10.4 Å². The van der Waals surface area contributed by atoms with E-state index in [-0.39, 0.29) is 0 Å². The molecular weight excluding hydrogens is 210 g/mol. The van der Waals surface area contributed by atoms with E-state index in [0.29, 0.717) is 0 Å². The highest BCUT2D eigenvalue weighted by molar-refractivity contribution is 5.33.